The van der Waals surface area contributed by atoms with Gasteiger partial charge >= 0.3 is 5.69 Å². The van der Waals surface area contributed by atoms with E-state index in [9.17, 15) is 24.0 Å². The first-order valence-corrected chi connectivity index (χ1v) is 6.10. The van der Waals surface area contributed by atoms with E-state index in [-0.39, 0.29) is 13.2 Å². The Bertz CT molecular complexity index is 488. The Morgan fingerprint density at radius 1 is 1.52 bits per heavy atom. The molecule has 1 aromatic carbocycles. The fourth-order valence-corrected chi connectivity index (χ4v) is 1.71. The topological polar surface area (TPSA) is 111 Å². The first-order valence-electron chi connectivity index (χ1n) is 6.10. The number of hydrogen-bond acceptors (Lipinski definition) is 6. The summed E-state index contributed by atoms with van der Waals surface area (Å²) in [5.41, 5.74) is 5.21. The lowest BCUT2D eigenvalue weighted by Gasteiger charge is -2.20. The Morgan fingerprint density at radius 3 is 2.71 bits per heavy atom. The summed E-state index contributed by atoms with van der Waals surface area (Å²) in [6.45, 7) is -0.0712. The van der Waals surface area contributed by atoms with Crippen LogP contribution < -0.4 is 11.1 Å². The average molecular weight is 305 g/mol. The third kappa shape index (κ3) is 4.88. The van der Waals surface area contributed by atoms with E-state index in [0.29, 0.717) is 5.56 Å². The number of alkyl halides is 2. The van der Waals surface area contributed by atoms with Crippen LogP contribution in [0.4, 0.5) is 14.5 Å². The van der Waals surface area contributed by atoms with Gasteiger partial charge in [0.15, 0.2) is 5.75 Å². The maximum Gasteiger partial charge on any atom is 0.311 e. The fourth-order valence-electron chi connectivity index (χ4n) is 1.71. The lowest BCUT2D eigenvalue weighted by Crippen LogP contribution is -2.41. The van der Waals surface area contributed by atoms with Crippen LogP contribution in [0.15, 0.2) is 18.2 Å². The summed E-state index contributed by atoms with van der Waals surface area (Å²) in [6.07, 6.45) is -2.67. The monoisotopic (exact) mass is 305 g/mol. The number of benzene rings is 1. The minimum absolute atomic E-state index is 0.109. The fraction of sp³-hybridized carbons (Fsp3) is 0.500. The summed E-state index contributed by atoms with van der Waals surface area (Å²) in [6, 6.07) is 1.88. The van der Waals surface area contributed by atoms with Crippen molar-refractivity contribution in [3.05, 3.63) is 33.9 Å². The number of phenolic OH excluding ortho intramolecular Hbond substituents is 1. The van der Waals surface area contributed by atoms with Gasteiger partial charge in [0.2, 0.25) is 0 Å². The number of halogens is 2. The third-order valence-corrected chi connectivity index (χ3v) is 2.86. The van der Waals surface area contributed by atoms with Crippen LogP contribution >= 0.6 is 0 Å². The van der Waals surface area contributed by atoms with Crippen molar-refractivity contribution in [1.29, 1.82) is 0 Å². The van der Waals surface area contributed by atoms with Crippen molar-refractivity contribution in [2.24, 2.45) is 5.73 Å². The second-order valence-corrected chi connectivity index (χ2v) is 4.42. The zero-order valence-electron chi connectivity index (χ0n) is 11.3. The zero-order chi connectivity index (χ0) is 16.0. The highest BCUT2D eigenvalue weighted by Gasteiger charge is 2.21. The summed E-state index contributed by atoms with van der Waals surface area (Å²) in [7, 11) is 1.41. The third-order valence-electron chi connectivity index (χ3n) is 2.86. The molecular weight excluding hydrogens is 288 g/mol. The van der Waals surface area contributed by atoms with Gasteiger partial charge in [-0.25, -0.2) is 8.78 Å². The molecule has 118 valence electrons. The van der Waals surface area contributed by atoms with Gasteiger partial charge in [-0.05, 0) is 11.6 Å². The number of ether oxygens (including phenoxy) is 1. The molecule has 7 nitrogen and oxygen atoms in total. The number of phenols is 1. The Kier molecular flexibility index (Phi) is 6.40. The van der Waals surface area contributed by atoms with Crippen LogP contribution in [0.2, 0.25) is 0 Å². The van der Waals surface area contributed by atoms with Crippen LogP contribution in [0.3, 0.4) is 0 Å². The number of nitro benzene ring substituents is 1. The molecule has 0 spiro atoms. The largest absolute Gasteiger partial charge is 0.502 e. The molecule has 0 aromatic heterocycles. The number of nitrogens with zero attached hydrogens (tertiary/aromatic N) is 1. The highest BCUT2D eigenvalue weighted by Crippen LogP contribution is 2.29. The molecule has 21 heavy (non-hydrogen) atoms. The van der Waals surface area contributed by atoms with Gasteiger partial charge in [-0.3, -0.25) is 10.1 Å². The van der Waals surface area contributed by atoms with Crippen molar-refractivity contribution in [1.82, 2.24) is 5.32 Å². The molecule has 0 aliphatic rings. The average Bonchev–Trinajstić information content (AvgIpc) is 2.43. The zero-order valence-corrected chi connectivity index (χ0v) is 11.3. The maximum atomic E-state index is 12.4. The van der Waals surface area contributed by atoms with Crippen molar-refractivity contribution >= 4 is 5.69 Å². The molecular formula is C12H17F2N3O4. The van der Waals surface area contributed by atoms with Gasteiger partial charge in [0.1, 0.15) is 0 Å². The van der Waals surface area contributed by atoms with Crippen LogP contribution in [0.5, 0.6) is 5.75 Å². The van der Waals surface area contributed by atoms with Gasteiger partial charge in [-0.1, -0.05) is 6.07 Å². The summed E-state index contributed by atoms with van der Waals surface area (Å²) in [5.74, 6) is -0.468. The van der Waals surface area contributed by atoms with Crippen molar-refractivity contribution in [3.8, 4) is 5.75 Å². The van der Waals surface area contributed by atoms with Gasteiger partial charge in [0.05, 0.1) is 23.6 Å². The summed E-state index contributed by atoms with van der Waals surface area (Å²) in [5, 5.41) is 22.9. The first-order chi connectivity index (χ1) is 9.86. The van der Waals surface area contributed by atoms with E-state index in [1.54, 1.807) is 0 Å². The van der Waals surface area contributed by atoms with E-state index in [4.69, 9.17) is 10.5 Å². The molecule has 1 unspecified atom stereocenters. The van der Waals surface area contributed by atoms with E-state index < -0.39 is 34.9 Å². The second kappa shape index (κ2) is 7.81. The molecule has 1 rings (SSSR count). The lowest BCUT2D eigenvalue weighted by atomic mass is 10.1. The van der Waals surface area contributed by atoms with E-state index in [2.05, 4.69) is 5.32 Å². The number of nitrogens with one attached hydrogen (secondary N) is 1. The van der Waals surface area contributed by atoms with Crippen LogP contribution in [0.25, 0.3) is 0 Å². The number of aromatic hydroxyl groups is 1. The standard InChI is InChI=1S/C12H17F2N3O4/c1-21-6-9(16-5-8(15)12(13)14)7-2-3-11(18)10(4-7)17(19)20/h2-4,8-9,12,16,18H,5-6,15H2,1H3/t8-,9?/m0/s1. The molecule has 0 radical (unpaired) electrons. The molecule has 0 saturated heterocycles. The van der Waals surface area contributed by atoms with E-state index in [1.807, 2.05) is 0 Å². The van der Waals surface area contributed by atoms with Gasteiger partial charge in [0.25, 0.3) is 6.43 Å². The van der Waals surface area contributed by atoms with Gasteiger partial charge in [0, 0.05) is 19.7 Å². The summed E-state index contributed by atoms with van der Waals surface area (Å²) >= 11 is 0. The number of nitro groups is 1. The highest BCUT2D eigenvalue weighted by molar-refractivity contribution is 5.48. The van der Waals surface area contributed by atoms with Crippen LogP contribution in [0.1, 0.15) is 11.6 Å². The van der Waals surface area contributed by atoms with Gasteiger partial charge in [-0.2, -0.15) is 0 Å². The minimum Gasteiger partial charge on any atom is -0.502 e. The lowest BCUT2D eigenvalue weighted by molar-refractivity contribution is -0.385. The molecule has 0 fully saturated rings. The first kappa shape index (κ1) is 17.2. The number of nitrogens with two attached hydrogens (primary N) is 1. The molecule has 4 N–H and O–H groups in total. The van der Waals surface area contributed by atoms with Gasteiger partial charge < -0.3 is 20.9 Å². The van der Waals surface area contributed by atoms with Crippen LogP contribution in [-0.2, 0) is 4.74 Å². The Hall–Kier alpha value is -1.84. The minimum atomic E-state index is -2.67. The SMILES string of the molecule is COCC(NC[C@H](N)C(F)F)c1ccc(O)c([N+](=O)[O-])c1. The van der Waals surface area contributed by atoms with Crippen LogP contribution in [-0.4, -0.2) is 42.8 Å². The Labute approximate surface area is 119 Å². The summed E-state index contributed by atoms with van der Waals surface area (Å²) in [4.78, 5) is 10.1. The maximum absolute atomic E-state index is 12.4. The number of methoxy groups -OCH3 is 1. The van der Waals surface area contributed by atoms with Crippen LogP contribution in [0, 0.1) is 10.1 Å². The second-order valence-electron chi connectivity index (χ2n) is 4.42. The van der Waals surface area contributed by atoms with E-state index >= 15 is 0 Å². The van der Waals surface area contributed by atoms with Crippen molar-refractivity contribution in [2.45, 2.75) is 18.5 Å². The predicted octanol–water partition coefficient (Wildman–Crippen LogP) is 1.17. The molecule has 2 atom stereocenters. The molecule has 0 bridgehead atoms. The quantitative estimate of drug-likeness (QED) is 0.491. The molecule has 0 amide bonds. The highest BCUT2D eigenvalue weighted by atomic mass is 19.3. The molecule has 0 saturated carbocycles. The van der Waals surface area contributed by atoms with Crippen molar-refractivity contribution < 1.29 is 23.5 Å². The number of rotatable bonds is 8. The molecule has 1 aromatic rings. The smallest absolute Gasteiger partial charge is 0.311 e. The predicted molar refractivity (Wildman–Crippen MR) is 71.4 cm³/mol. The Balaban J connectivity index is 2.90. The normalized spacial score (nSPS) is 14.1. The van der Waals surface area contributed by atoms with E-state index in [0.717, 1.165) is 0 Å². The van der Waals surface area contributed by atoms with Gasteiger partial charge in [-0.15, -0.1) is 0 Å². The number of hydrogen-bond donors (Lipinski definition) is 3. The van der Waals surface area contributed by atoms with Crippen molar-refractivity contribution in [3.63, 3.8) is 0 Å². The molecule has 0 aliphatic heterocycles. The molecule has 9 heteroatoms. The van der Waals surface area contributed by atoms with E-state index in [1.165, 1.54) is 25.3 Å². The molecule has 0 aliphatic carbocycles. The summed E-state index contributed by atoms with van der Waals surface area (Å²) < 4.78 is 29.7. The molecule has 0 heterocycles. The van der Waals surface area contributed by atoms with Crippen molar-refractivity contribution in [2.75, 3.05) is 20.3 Å². The Morgan fingerprint density at radius 2 is 2.19 bits per heavy atom.